The van der Waals surface area contributed by atoms with Crippen molar-refractivity contribution in [2.75, 3.05) is 27.6 Å². The fourth-order valence-corrected chi connectivity index (χ4v) is 4.10. The second-order valence-electron chi connectivity index (χ2n) is 6.71. The summed E-state index contributed by atoms with van der Waals surface area (Å²) in [7, 11) is 3.22. The van der Waals surface area contributed by atoms with E-state index in [2.05, 4.69) is 0 Å². The molecule has 6 heteroatoms. The molecule has 27 heavy (non-hydrogen) atoms. The molecule has 3 aliphatic rings. The Morgan fingerprint density at radius 1 is 0.963 bits per heavy atom. The molecule has 0 saturated heterocycles. The molecule has 5 rings (SSSR count). The highest BCUT2D eigenvalue weighted by molar-refractivity contribution is 5.94. The number of carbonyl (C=O) groups excluding carboxylic acids is 1. The summed E-state index contributed by atoms with van der Waals surface area (Å²) < 4.78 is 27.3. The van der Waals surface area contributed by atoms with Crippen LogP contribution < -0.4 is 18.9 Å². The zero-order valence-electron chi connectivity index (χ0n) is 15.0. The molecule has 6 nitrogen and oxygen atoms in total. The Morgan fingerprint density at radius 3 is 2.52 bits per heavy atom. The molecule has 2 aromatic rings. The number of cyclic esters (lactones) is 1. The third-order valence-corrected chi connectivity index (χ3v) is 5.39. The number of benzene rings is 2. The number of esters is 1. The van der Waals surface area contributed by atoms with E-state index >= 15 is 0 Å². The van der Waals surface area contributed by atoms with Gasteiger partial charge in [0, 0.05) is 17.9 Å². The van der Waals surface area contributed by atoms with Gasteiger partial charge in [-0.2, -0.15) is 0 Å². The van der Waals surface area contributed by atoms with Gasteiger partial charge in [0.1, 0.15) is 6.61 Å². The summed E-state index contributed by atoms with van der Waals surface area (Å²) in [4.78, 5) is 12.3. The Labute approximate surface area is 156 Å². The average Bonchev–Trinajstić information content (AvgIpc) is 3.30. The maximum Gasteiger partial charge on any atom is 0.334 e. The van der Waals surface area contributed by atoms with E-state index in [9.17, 15) is 4.79 Å². The first-order valence-electron chi connectivity index (χ1n) is 8.73. The van der Waals surface area contributed by atoms with Crippen molar-refractivity contribution < 1.29 is 28.5 Å². The van der Waals surface area contributed by atoms with Crippen molar-refractivity contribution in [3.05, 3.63) is 58.2 Å². The van der Waals surface area contributed by atoms with Gasteiger partial charge in [-0.3, -0.25) is 0 Å². The lowest BCUT2D eigenvalue weighted by Crippen LogP contribution is -2.16. The van der Waals surface area contributed by atoms with Crippen LogP contribution in [0.2, 0.25) is 0 Å². The van der Waals surface area contributed by atoms with Crippen LogP contribution in [-0.2, 0) is 16.0 Å². The van der Waals surface area contributed by atoms with Gasteiger partial charge in [0.15, 0.2) is 23.0 Å². The van der Waals surface area contributed by atoms with Gasteiger partial charge in [0.05, 0.1) is 14.2 Å². The van der Waals surface area contributed by atoms with E-state index in [1.165, 1.54) is 0 Å². The largest absolute Gasteiger partial charge is 0.493 e. The van der Waals surface area contributed by atoms with Gasteiger partial charge in [0.2, 0.25) is 6.79 Å². The van der Waals surface area contributed by atoms with Crippen molar-refractivity contribution in [1.29, 1.82) is 0 Å². The lowest BCUT2D eigenvalue weighted by Gasteiger charge is -2.27. The zero-order valence-corrected chi connectivity index (χ0v) is 15.0. The Kier molecular flexibility index (Phi) is 3.53. The summed E-state index contributed by atoms with van der Waals surface area (Å²) in [6, 6.07) is 9.83. The van der Waals surface area contributed by atoms with Crippen LogP contribution >= 0.6 is 0 Å². The van der Waals surface area contributed by atoms with Crippen LogP contribution in [0.4, 0.5) is 0 Å². The minimum absolute atomic E-state index is 0.107. The Hall–Kier alpha value is -3.15. The molecule has 0 unspecified atom stereocenters. The van der Waals surface area contributed by atoms with Gasteiger partial charge in [-0.25, -0.2) is 4.79 Å². The van der Waals surface area contributed by atoms with Crippen molar-refractivity contribution in [2.24, 2.45) is 0 Å². The minimum atomic E-state index is -0.237. The van der Waals surface area contributed by atoms with E-state index in [4.69, 9.17) is 23.7 Å². The quantitative estimate of drug-likeness (QED) is 0.779. The predicted octanol–water partition coefficient (Wildman–Crippen LogP) is 2.97. The Morgan fingerprint density at radius 2 is 1.74 bits per heavy atom. The van der Waals surface area contributed by atoms with Crippen LogP contribution in [0.25, 0.3) is 0 Å². The van der Waals surface area contributed by atoms with Crippen molar-refractivity contribution in [3.63, 3.8) is 0 Å². The molecule has 0 saturated carbocycles. The van der Waals surface area contributed by atoms with Crippen molar-refractivity contribution in [2.45, 2.75) is 12.3 Å². The molecule has 2 aromatic carbocycles. The molecule has 0 bridgehead atoms. The zero-order chi connectivity index (χ0) is 18.5. The smallest absolute Gasteiger partial charge is 0.334 e. The number of hydrogen-bond acceptors (Lipinski definition) is 6. The van der Waals surface area contributed by atoms with E-state index in [0.29, 0.717) is 24.5 Å². The van der Waals surface area contributed by atoms with Gasteiger partial charge in [-0.15, -0.1) is 0 Å². The lowest BCUT2D eigenvalue weighted by molar-refractivity contribution is -0.136. The van der Waals surface area contributed by atoms with E-state index < -0.39 is 0 Å². The van der Waals surface area contributed by atoms with Crippen molar-refractivity contribution in [1.82, 2.24) is 0 Å². The van der Waals surface area contributed by atoms with E-state index in [0.717, 1.165) is 39.3 Å². The number of methoxy groups -OCH3 is 2. The SMILES string of the molecule is COc1ccc([C@H]2C3=C(Cc4cc5c(cc42)OCO5)C(=O)OC3)cc1OC. The molecule has 0 aromatic heterocycles. The Balaban J connectivity index is 1.70. The molecule has 2 heterocycles. The average molecular weight is 366 g/mol. The standard InChI is InChI=1S/C21H18O6/c1-23-16-4-3-11(6-17(16)24-2)20-13-8-19-18(26-10-27-19)7-12(13)5-14-15(20)9-25-21(14)22/h3-4,6-8,20H,5,9-10H2,1-2H3/t20-/m1/s1. The number of carbonyl (C=O) groups is 1. The highest BCUT2D eigenvalue weighted by atomic mass is 16.7. The van der Waals surface area contributed by atoms with E-state index in [1.807, 2.05) is 30.3 Å². The molecule has 2 aliphatic heterocycles. The second-order valence-corrected chi connectivity index (χ2v) is 6.71. The molecule has 0 amide bonds. The molecular formula is C21H18O6. The Bertz CT molecular complexity index is 990. The first-order chi connectivity index (χ1) is 13.2. The normalized spacial score (nSPS) is 19.5. The van der Waals surface area contributed by atoms with Crippen LogP contribution in [-0.4, -0.2) is 33.6 Å². The van der Waals surface area contributed by atoms with E-state index in [1.54, 1.807) is 14.2 Å². The third kappa shape index (κ3) is 2.36. The maximum atomic E-state index is 12.3. The first-order valence-corrected chi connectivity index (χ1v) is 8.73. The van der Waals surface area contributed by atoms with Crippen molar-refractivity contribution in [3.8, 4) is 23.0 Å². The second kappa shape index (κ2) is 5.94. The molecule has 1 atom stereocenters. The maximum absolute atomic E-state index is 12.3. The number of rotatable bonds is 3. The minimum Gasteiger partial charge on any atom is -0.493 e. The van der Waals surface area contributed by atoms with Crippen LogP contribution in [0.3, 0.4) is 0 Å². The summed E-state index contributed by atoms with van der Waals surface area (Å²) in [6.45, 7) is 0.523. The van der Waals surface area contributed by atoms with Crippen LogP contribution in [0.15, 0.2) is 41.5 Å². The third-order valence-electron chi connectivity index (χ3n) is 5.39. The molecule has 1 aliphatic carbocycles. The van der Waals surface area contributed by atoms with Crippen molar-refractivity contribution >= 4 is 5.97 Å². The fourth-order valence-electron chi connectivity index (χ4n) is 4.10. The van der Waals surface area contributed by atoms with Gasteiger partial charge in [-0.05, 0) is 46.5 Å². The summed E-state index contributed by atoms with van der Waals surface area (Å²) in [5, 5.41) is 0. The number of hydrogen-bond donors (Lipinski definition) is 0. The topological polar surface area (TPSA) is 63.2 Å². The molecule has 0 radical (unpaired) electrons. The summed E-state index contributed by atoms with van der Waals surface area (Å²) >= 11 is 0. The summed E-state index contributed by atoms with van der Waals surface area (Å²) in [5.41, 5.74) is 4.90. The van der Waals surface area contributed by atoms with Crippen LogP contribution in [0.5, 0.6) is 23.0 Å². The van der Waals surface area contributed by atoms with Crippen LogP contribution in [0.1, 0.15) is 22.6 Å². The number of ether oxygens (including phenoxy) is 5. The summed E-state index contributed by atoms with van der Waals surface area (Å²) in [5.74, 6) is 2.42. The monoisotopic (exact) mass is 366 g/mol. The van der Waals surface area contributed by atoms with Gasteiger partial charge in [-0.1, -0.05) is 6.07 Å². The summed E-state index contributed by atoms with van der Waals surface area (Å²) in [6.07, 6.45) is 0.546. The van der Waals surface area contributed by atoms with Crippen LogP contribution in [0, 0.1) is 0 Å². The van der Waals surface area contributed by atoms with Gasteiger partial charge >= 0.3 is 5.97 Å². The molecule has 0 N–H and O–H groups in total. The molecular weight excluding hydrogens is 348 g/mol. The fraction of sp³-hybridized carbons (Fsp3) is 0.286. The van der Waals surface area contributed by atoms with Gasteiger partial charge in [0.25, 0.3) is 0 Å². The highest BCUT2D eigenvalue weighted by Crippen LogP contribution is 2.48. The molecule has 138 valence electrons. The predicted molar refractivity (Wildman–Crippen MR) is 95.6 cm³/mol. The molecule has 0 fully saturated rings. The number of fused-ring (bicyclic) bond motifs is 2. The van der Waals surface area contributed by atoms with E-state index in [-0.39, 0.29) is 18.7 Å². The van der Waals surface area contributed by atoms with Gasteiger partial charge < -0.3 is 23.7 Å². The highest BCUT2D eigenvalue weighted by Gasteiger charge is 2.38. The molecule has 0 spiro atoms. The first kappa shape index (κ1) is 16.1. The lowest BCUT2D eigenvalue weighted by atomic mass is 9.75.